The van der Waals surface area contributed by atoms with Crippen LogP contribution >= 0.6 is 0 Å². The average Bonchev–Trinajstić information content (AvgIpc) is 3.46. The Morgan fingerprint density at radius 1 is 1.05 bits per heavy atom. The molecule has 1 aliphatic carbocycles. The van der Waals surface area contributed by atoms with Crippen LogP contribution in [0.3, 0.4) is 0 Å². The Kier molecular flexibility index (Phi) is 5.98. The van der Waals surface area contributed by atoms with Crippen molar-refractivity contribution in [2.45, 2.75) is 44.3 Å². The summed E-state index contributed by atoms with van der Waals surface area (Å²) < 4.78 is 30.9. The molecule has 38 heavy (non-hydrogen) atoms. The minimum Gasteiger partial charge on any atom is -0.383 e. The van der Waals surface area contributed by atoms with Gasteiger partial charge in [0.2, 0.25) is 0 Å². The topological polar surface area (TPSA) is 100 Å². The first kappa shape index (κ1) is 24.0. The molecule has 9 heteroatoms. The largest absolute Gasteiger partial charge is 0.383 e. The fourth-order valence-corrected chi connectivity index (χ4v) is 5.85. The third kappa shape index (κ3) is 4.04. The smallest absolute Gasteiger partial charge is 0.254 e. The summed E-state index contributed by atoms with van der Waals surface area (Å²) in [7, 11) is 0. The van der Waals surface area contributed by atoms with Gasteiger partial charge in [-0.3, -0.25) is 10.2 Å². The van der Waals surface area contributed by atoms with Gasteiger partial charge < -0.3 is 15.2 Å². The number of rotatable bonds is 5. The first-order valence-corrected chi connectivity index (χ1v) is 12.6. The quantitative estimate of drug-likeness (QED) is 0.275. The van der Waals surface area contributed by atoms with E-state index in [0.717, 1.165) is 36.7 Å². The lowest BCUT2D eigenvalue weighted by Gasteiger charge is -2.36. The molecule has 2 aliphatic rings. The number of carbonyl (C=O) groups excluding carboxylic acids is 1. The van der Waals surface area contributed by atoms with Crippen molar-refractivity contribution < 1.29 is 13.6 Å². The van der Waals surface area contributed by atoms with Crippen LogP contribution in [-0.4, -0.2) is 38.6 Å². The number of nitrogens with one attached hydrogen (secondary N) is 1. The maximum atomic E-state index is 15.0. The number of nitrogens with zero attached hydrogens (tertiary/aromatic N) is 4. The number of fused-ring (bicyclic) bond motifs is 2. The molecular weight excluding hydrogens is 486 g/mol. The Labute approximate surface area is 218 Å². The Bertz CT molecular complexity index is 1610. The maximum Gasteiger partial charge on any atom is 0.254 e. The van der Waals surface area contributed by atoms with Crippen LogP contribution in [0.25, 0.3) is 22.4 Å². The highest BCUT2D eigenvalue weighted by Crippen LogP contribution is 2.40. The van der Waals surface area contributed by atoms with Crippen molar-refractivity contribution in [2.75, 3.05) is 0 Å². The van der Waals surface area contributed by atoms with Crippen LogP contribution in [0.15, 0.2) is 65.7 Å². The maximum absolute atomic E-state index is 15.0. The Balaban J connectivity index is 1.43. The lowest BCUT2D eigenvalue weighted by atomic mass is 9.89. The number of amidine groups is 1. The Morgan fingerprint density at radius 3 is 2.68 bits per heavy atom. The highest BCUT2D eigenvalue weighted by atomic mass is 19.1. The summed E-state index contributed by atoms with van der Waals surface area (Å²) >= 11 is 0. The number of imidazole rings is 1. The summed E-state index contributed by atoms with van der Waals surface area (Å²) in [5.41, 5.74) is 9.86. The summed E-state index contributed by atoms with van der Waals surface area (Å²) in [6.07, 6.45) is 4.09. The number of amides is 1. The summed E-state index contributed by atoms with van der Waals surface area (Å²) in [4.78, 5) is 23.8. The molecule has 2 heterocycles. The molecule has 1 fully saturated rings. The minimum absolute atomic E-state index is 0.0460. The monoisotopic (exact) mass is 512 g/mol. The average molecular weight is 513 g/mol. The van der Waals surface area contributed by atoms with Crippen molar-refractivity contribution in [1.29, 1.82) is 5.41 Å². The van der Waals surface area contributed by atoms with Crippen LogP contribution < -0.4 is 5.73 Å². The molecule has 7 nitrogen and oxygen atoms in total. The summed E-state index contributed by atoms with van der Waals surface area (Å²) in [5, 5.41) is 7.26. The van der Waals surface area contributed by atoms with Gasteiger partial charge in [-0.1, -0.05) is 18.2 Å². The third-order valence-corrected chi connectivity index (χ3v) is 7.63. The molecule has 2 atom stereocenters. The second-order valence-electron chi connectivity index (χ2n) is 9.84. The Morgan fingerprint density at radius 2 is 1.87 bits per heavy atom. The highest BCUT2D eigenvalue weighted by molar-refractivity contribution is 6.03. The fraction of sp³-hybridized carbons (Fsp3) is 0.241. The minimum atomic E-state index is -0.415. The van der Waals surface area contributed by atoms with Crippen molar-refractivity contribution in [3.8, 4) is 11.4 Å². The van der Waals surface area contributed by atoms with Gasteiger partial charge in [-0.25, -0.2) is 18.8 Å². The van der Waals surface area contributed by atoms with E-state index in [0.29, 0.717) is 41.0 Å². The van der Waals surface area contributed by atoms with Gasteiger partial charge in [-0.15, -0.1) is 0 Å². The number of benzene rings is 3. The standard InChI is InChI=1S/C29H26F2N6O/c30-19-10-8-18-15-36(29(38)23(18)13-19)20-4-3-5-21(14-20)37-26-12-17(27(33)34-16-32)9-11-25(26)35-28(37)22-6-1-2-7-24(22)31/h1-2,6-13,16,20-21H,3-5,14-15H2,(H3,32,33,34). The van der Waals surface area contributed by atoms with E-state index >= 15 is 4.39 Å². The van der Waals surface area contributed by atoms with Crippen molar-refractivity contribution in [3.05, 3.63) is 89.0 Å². The van der Waals surface area contributed by atoms with Crippen LogP contribution in [0.1, 0.15) is 53.2 Å². The highest BCUT2D eigenvalue weighted by Gasteiger charge is 2.37. The molecule has 3 N–H and O–H groups in total. The van der Waals surface area contributed by atoms with E-state index in [1.54, 1.807) is 30.3 Å². The molecular formula is C29H26F2N6O. The number of carbonyl (C=O) groups is 1. The molecule has 3 aromatic carbocycles. The van der Waals surface area contributed by atoms with Crippen LogP contribution in [0, 0.1) is 17.0 Å². The van der Waals surface area contributed by atoms with Crippen LogP contribution in [0.2, 0.25) is 0 Å². The number of aliphatic imine (C=N–C) groups is 1. The lowest BCUT2D eigenvalue weighted by Crippen LogP contribution is -2.39. The summed E-state index contributed by atoms with van der Waals surface area (Å²) in [5.74, 6) is -0.207. The predicted octanol–water partition coefficient (Wildman–Crippen LogP) is 5.43. The third-order valence-electron chi connectivity index (χ3n) is 7.63. The van der Waals surface area contributed by atoms with E-state index in [-0.39, 0.29) is 29.6 Å². The number of nitrogens with two attached hydrogens (primary N) is 1. The molecule has 0 radical (unpaired) electrons. The van der Waals surface area contributed by atoms with E-state index in [1.807, 2.05) is 17.0 Å². The van der Waals surface area contributed by atoms with Crippen LogP contribution in [0.5, 0.6) is 0 Å². The molecule has 1 saturated carbocycles. The zero-order valence-electron chi connectivity index (χ0n) is 20.6. The zero-order chi connectivity index (χ0) is 26.4. The number of halogens is 2. The number of hydrogen-bond donors (Lipinski definition) is 2. The van der Waals surface area contributed by atoms with Gasteiger partial charge in [-0.2, -0.15) is 0 Å². The molecule has 2 unspecified atom stereocenters. The van der Waals surface area contributed by atoms with Crippen molar-refractivity contribution in [3.63, 3.8) is 0 Å². The van der Waals surface area contributed by atoms with Gasteiger partial charge >= 0.3 is 0 Å². The molecule has 1 amide bonds. The second-order valence-corrected chi connectivity index (χ2v) is 9.84. The molecule has 0 bridgehead atoms. The number of aromatic nitrogens is 2. The van der Waals surface area contributed by atoms with Crippen LogP contribution in [-0.2, 0) is 6.54 Å². The lowest BCUT2D eigenvalue weighted by molar-refractivity contribution is 0.0630. The molecule has 0 saturated heterocycles. The Hall–Kier alpha value is -4.40. The SMILES string of the molecule is N=CN=C(N)c1ccc2nc(-c3ccccc3F)n(C3CCCC(N4Cc5ccc(F)cc5C4=O)C3)c2c1. The van der Waals surface area contributed by atoms with E-state index < -0.39 is 5.82 Å². The van der Waals surface area contributed by atoms with Gasteiger partial charge in [0.1, 0.15) is 29.6 Å². The zero-order valence-corrected chi connectivity index (χ0v) is 20.6. The van der Waals surface area contributed by atoms with E-state index in [1.165, 1.54) is 18.2 Å². The molecule has 4 aromatic rings. The second kappa shape index (κ2) is 9.48. The predicted molar refractivity (Wildman–Crippen MR) is 142 cm³/mol. The van der Waals surface area contributed by atoms with Crippen molar-refractivity contribution in [2.24, 2.45) is 10.7 Å². The molecule has 1 aromatic heterocycles. The van der Waals surface area contributed by atoms with Crippen LogP contribution in [0.4, 0.5) is 8.78 Å². The molecule has 1 aliphatic heterocycles. The van der Waals surface area contributed by atoms with E-state index in [9.17, 15) is 9.18 Å². The van der Waals surface area contributed by atoms with E-state index in [4.69, 9.17) is 16.1 Å². The van der Waals surface area contributed by atoms with E-state index in [2.05, 4.69) is 9.56 Å². The first-order valence-electron chi connectivity index (χ1n) is 12.6. The van der Waals surface area contributed by atoms with Gasteiger partial charge in [0.05, 0.1) is 16.6 Å². The van der Waals surface area contributed by atoms with Gasteiger partial charge in [0.15, 0.2) is 0 Å². The summed E-state index contributed by atoms with van der Waals surface area (Å²) in [6, 6.07) is 16.3. The summed E-state index contributed by atoms with van der Waals surface area (Å²) in [6.45, 7) is 0.456. The van der Waals surface area contributed by atoms with Gasteiger partial charge in [0, 0.05) is 29.8 Å². The normalized spacial score (nSPS) is 19.7. The molecule has 0 spiro atoms. The fourth-order valence-electron chi connectivity index (χ4n) is 5.85. The van der Waals surface area contributed by atoms with Gasteiger partial charge in [0.25, 0.3) is 5.91 Å². The molecule has 6 rings (SSSR count). The van der Waals surface area contributed by atoms with Crippen molar-refractivity contribution >= 4 is 29.1 Å². The van der Waals surface area contributed by atoms with Crippen molar-refractivity contribution in [1.82, 2.24) is 14.5 Å². The number of hydrogen-bond acceptors (Lipinski definition) is 3. The van der Waals surface area contributed by atoms with Gasteiger partial charge in [-0.05, 0) is 73.7 Å². The molecule has 192 valence electrons. The first-order chi connectivity index (χ1) is 18.4.